The van der Waals surface area contributed by atoms with Crippen molar-refractivity contribution in [3.63, 3.8) is 0 Å². The maximum atomic E-state index is 12.5. The SMILES string of the molecule is Cc1cc(C)c(OCC(=O)N2CCC3CCC(C2)N3)c(C)c1. The van der Waals surface area contributed by atoms with Gasteiger partial charge in [-0.05, 0) is 51.2 Å². The van der Waals surface area contributed by atoms with Crippen LogP contribution in [0.25, 0.3) is 0 Å². The predicted octanol–water partition coefficient (Wildman–Crippen LogP) is 2.34. The summed E-state index contributed by atoms with van der Waals surface area (Å²) in [5, 5.41) is 3.60. The van der Waals surface area contributed by atoms with Gasteiger partial charge in [0.25, 0.3) is 5.91 Å². The molecule has 0 radical (unpaired) electrons. The Kier molecular flexibility index (Phi) is 4.39. The average molecular weight is 302 g/mol. The minimum absolute atomic E-state index is 0.105. The Bertz CT molecular complexity index is 547. The molecule has 2 bridgehead atoms. The van der Waals surface area contributed by atoms with Crippen LogP contribution >= 0.6 is 0 Å². The van der Waals surface area contributed by atoms with Crippen molar-refractivity contribution in [2.45, 2.75) is 52.1 Å². The molecular weight excluding hydrogens is 276 g/mol. The molecule has 0 aromatic heterocycles. The molecule has 2 unspecified atom stereocenters. The summed E-state index contributed by atoms with van der Waals surface area (Å²) >= 11 is 0. The van der Waals surface area contributed by atoms with E-state index in [1.807, 2.05) is 18.7 Å². The van der Waals surface area contributed by atoms with Crippen LogP contribution in [0.2, 0.25) is 0 Å². The van der Waals surface area contributed by atoms with E-state index in [0.717, 1.165) is 36.4 Å². The highest BCUT2D eigenvalue weighted by Gasteiger charge is 2.31. The first-order valence-corrected chi connectivity index (χ1v) is 8.27. The lowest BCUT2D eigenvalue weighted by atomic mass is 10.1. The smallest absolute Gasteiger partial charge is 0.260 e. The third-order valence-electron chi connectivity index (χ3n) is 4.82. The molecule has 2 saturated heterocycles. The second kappa shape index (κ2) is 6.29. The van der Waals surface area contributed by atoms with Gasteiger partial charge in [0, 0.05) is 25.2 Å². The van der Waals surface area contributed by atoms with Gasteiger partial charge in [-0.3, -0.25) is 4.79 Å². The van der Waals surface area contributed by atoms with Crippen LogP contribution in [0, 0.1) is 20.8 Å². The molecule has 2 aliphatic heterocycles. The average Bonchev–Trinajstić information content (AvgIpc) is 2.76. The lowest BCUT2D eigenvalue weighted by Gasteiger charge is -2.24. The molecule has 120 valence electrons. The minimum atomic E-state index is 0.105. The summed E-state index contributed by atoms with van der Waals surface area (Å²) in [4.78, 5) is 14.4. The normalized spacial score (nSPS) is 24.2. The Morgan fingerprint density at radius 2 is 1.86 bits per heavy atom. The molecule has 4 heteroatoms. The molecule has 2 heterocycles. The van der Waals surface area contributed by atoms with Crippen LogP contribution in [0.4, 0.5) is 0 Å². The summed E-state index contributed by atoms with van der Waals surface area (Å²) in [6.07, 6.45) is 3.50. The van der Waals surface area contributed by atoms with Crippen LogP contribution in [0.3, 0.4) is 0 Å². The van der Waals surface area contributed by atoms with Crippen molar-refractivity contribution >= 4 is 5.91 Å². The van der Waals surface area contributed by atoms with Crippen molar-refractivity contribution in [2.24, 2.45) is 0 Å². The topological polar surface area (TPSA) is 41.6 Å². The molecule has 0 saturated carbocycles. The van der Waals surface area contributed by atoms with Gasteiger partial charge in [0.15, 0.2) is 6.61 Å². The number of hydrogen-bond acceptors (Lipinski definition) is 3. The predicted molar refractivity (Wildman–Crippen MR) is 87.3 cm³/mol. The van der Waals surface area contributed by atoms with Gasteiger partial charge in [-0.25, -0.2) is 0 Å². The van der Waals surface area contributed by atoms with E-state index in [2.05, 4.69) is 24.4 Å². The summed E-state index contributed by atoms with van der Waals surface area (Å²) in [5.74, 6) is 0.960. The molecule has 1 amide bonds. The summed E-state index contributed by atoms with van der Waals surface area (Å²) in [6.45, 7) is 7.96. The van der Waals surface area contributed by atoms with E-state index in [9.17, 15) is 4.79 Å². The highest BCUT2D eigenvalue weighted by Crippen LogP contribution is 2.25. The number of fused-ring (bicyclic) bond motifs is 2. The van der Waals surface area contributed by atoms with E-state index >= 15 is 0 Å². The highest BCUT2D eigenvalue weighted by atomic mass is 16.5. The third kappa shape index (κ3) is 3.27. The lowest BCUT2D eigenvalue weighted by Crippen LogP contribution is -2.41. The molecule has 1 N–H and O–H groups in total. The van der Waals surface area contributed by atoms with Gasteiger partial charge in [0.1, 0.15) is 5.75 Å². The molecule has 0 spiro atoms. The summed E-state index contributed by atoms with van der Waals surface area (Å²) in [7, 11) is 0. The zero-order valence-corrected chi connectivity index (χ0v) is 13.8. The van der Waals surface area contributed by atoms with E-state index in [4.69, 9.17) is 4.74 Å². The molecule has 1 aromatic carbocycles. The van der Waals surface area contributed by atoms with Crippen LogP contribution in [-0.2, 0) is 4.79 Å². The van der Waals surface area contributed by atoms with Crippen LogP contribution in [0.1, 0.15) is 36.0 Å². The van der Waals surface area contributed by atoms with Gasteiger partial charge in [0.05, 0.1) is 0 Å². The number of benzene rings is 1. The highest BCUT2D eigenvalue weighted by molar-refractivity contribution is 5.78. The second-order valence-corrected chi connectivity index (χ2v) is 6.78. The first-order valence-electron chi connectivity index (χ1n) is 8.27. The standard InChI is InChI=1S/C18H26N2O2/c1-12-8-13(2)18(14(3)9-12)22-11-17(21)20-7-6-15-4-5-16(10-20)19-15/h8-9,15-16,19H,4-7,10-11H2,1-3H3. The number of nitrogens with one attached hydrogen (secondary N) is 1. The van der Waals surface area contributed by atoms with E-state index < -0.39 is 0 Å². The van der Waals surface area contributed by atoms with Gasteiger partial charge >= 0.3 is 0 Å². The maximum absolute atomic E-state index is 12.5. The van der Waals surface area contributed by atoms with Crippen molar-refractivity contribution in [1.82, 2.24) is 10.2 Å². The van der Waals surface area contributed by atoms with Crippen molar-refractivity contribution in [1.29, 1.82) is 0 Å². The first-order chi connectivity index (χ1) is 10.5. The second-order valence-electron chi connectivity index (χ2n) is 6.78. The number of carbonyl (C=O) groups excluding carboxylic acids is 1. The Balaban J connectivity index is 1.60. The monoisotopic (exact) mass is 302 g/mol. The fourth-order valence-electron chi connectivity index (χ4n) is 3.79. The van der Waals surface area contributed by atoms with Crippen molar-refractivity contribution in [2.75, 3.05) is 19.7 Å². The zero-order valence-electron chi connectivity index (χ0n) is 13.8. The summed E-state index contributed by atoms with van der Waals surface area (Å²) < 4.78 is 5.85. The number of aryl methyl sites for hydroxylation is 3. The molecule has 4 nitrogen and oxygen atoms in total. The first kappa shape index (κ1) is 15.3. The van der Waals surface area contributed by atoms with Crippen LogP contribution in [-0.4, -0.2) is 42.6 Å². The molecule has 2 atom stereocenters. The van der Waals surface area contributed by atoms with Crippen LogP contribution < -0.4 is 10.1 Å². The number of hydrogen-bond donors (Lipinski definition) is 1. The van der Waals surface area contributed by atoms with Gasteiger partial charge < -0.3 is 15.0 Å². The molecule has 0 aliphatic carbocycles. The van der Waals surface area contributed by atoms with E-state index in [1.54, 1.807) is 0 Å². The Labute approximate surface area is 132 Å². The molecule has 3 rings (SSSR count). The van der Waals surface area contributed by atoms with E-state index in [-0.39, 0.29) is 12.5 Å². The van der Waals surface area contributed by atoms with E-state index in [1.165, 1.54) is 18.4 Å². The van der Waals surface area contributed by atoms with Crippen LogP contribution in [0.15, 0.2) is 12.1 Å². The Hall–Kier alpha value is -1.55. The number of nitrogens with zero attached hydrogens (tertiary/aromatic N) is 1. The van der Waals surface area contributed by atoms with Crippen molar-refractivity contribution < 1.29 is 9.53 Å². The number of amides is 1. The van der Waals surface area contributed by atoms with Crippen molar-refractivity contribution in [3.05, 3.63) is 28.8 Å². The van der Waals surface area contributed by atoms with E-state index in [0.29, 0.717) is 12.1 Å². The third-order valence-corrected chi connectivity index (χ3v) is 4.82. The number of ether oxygens (including phenoxy) is 1. The van der Waals surface area contributed by atoms with Gasteiger partial charge in [0.2, 0.25) is 0 Å². The zero-order chi connectivity index (χ0) is 15.7. The number of likely N-dealkylation sites (tertiary alicyclic amines) is 1. The van der Waals surface area contributed by atoms with Gasteiger partial charge in [-0.1, -0.05) is 17.7 Å². The van der Waals surface area contributed by atoms with Gasteiger partial charge in [-0.2, -0.15) is 0 Å². The maximum Gasteiger partial charge on any atom is 0.260 e. The molecular formula is C18H26N2O2. The minimum Gasteiger partial charge on any atom is -0.483 e. The fourth-order valence-corrected chi connectivity index (χ4v) is 3.79. The molecule has 2 fully saturated rings. The molecule has 1 aromatic rings. The summed E-state index contributed by atoms with van der Waals surface area (Å²) in [6, 6.07) is 5.27. The Morgan fingerprint density at radius 1 is 1.18 bits per heavy atom. The number of rotatable bonds is 3. The lowest BCUT2D eigenvalue weighted by molar-refractivity contribution is -0.133. The fraction of sp³-hybridized carbons (Fsp3) is 0.611. The summed E-state index contributed by atoms with van der Waals surface area (Å²) in [5.41, 5.74) is 3.42. The molecule has 2 aliphatic rings. The largest absolute Gasteiger partial charge is 0.483 e. The Morgan fingerprint density at radius 3 is 2.59 bits per heavy atom. The quantitative estimate of drug-likeness (QED) is 0.932. The number of carbonyl (C=O) groups is 1. The van der Waals surface area contributed by atoms with Crippen LogP contribution in [0.5, 0.6) is 5.75 Å². The van der Waals surface area contributed by atoms with Crippen molar-refractivity contribution in [3.8, 4) is 5.75 Å². The van der Waals surface area contributed by atoms with Gasteiger partial charge in [-0.15, -0.1) is 0 Å². The molecule has 22 heavy (non-hydrogen) atoms.